The minimum absolute atomic E-state index is 0.203. The summed E-state index contributed by atoms with van der Waals surface area (Å²) >= 11 is 0. The van der Waals surface area contributed by atoms with Crippen LogP contribution in [-0.2, 0) is 0 Å². The maximum atomic E-state index is 10.4. The molecule has 0 saturated carbocycles. The van der Waals surface area contributed by atoms with Gasteiger partial charge in [0.2, 0.25) is 0 Å². The normalized spacial score (nSPS) is 25.0. The van der Waals surface area contributed by atoms with E-state index in [0.29, 0.717) is 0 Å². The highest BCUT2D eigenvalue weighted by atomic mass is 16.3. The molecular weight excluding hydrogens is 512 g/mol. The molecule has 2 aliphatic rings. The van der Waals surface area contributed by atoms with Gasteiger partial charge in [-0.15, -0.1) is 0 Å². The molecule has 2 unspecified atom stereocenters. The van der Waals surface area contributed by atoms with Crippen LogP contribution in [0.25, 0.3) is 0 Å². The summed E-state index contributed by atoms with van der Waals surface area (Å²) in [5, 5.41) is 20.9. The number of hydrogen-bond donors (Lipinski definition) is 2. The molecule has 2 N–H and O–H groups in total. The van der Waals surface area contributed by atoms with Gasteiger partial charge in [0.1, 0.15) is 0 Å². The van der Waals surface area contributed by atoms with Crippen molar-refractivity contribution in [3.05, 3.63) is 130 Å². The molecule has 0 saturated heterocycles. The predicted molar refractivity (Wildman–Crippen MR) is 184 cm³/mol. The first-order valence-corrected chi connectivity index (χ1v) is 15.5. The average Bonchev–Trinajstić information content (AvgIpc) is 2.91. The molecule has 0 aliphatic heterocycles. The monoisotopic (exact) mass is 568 g/mol. The Bertz CT molecular complexity index is 1190. The molecule has 0 bridgehead atoms. The van der Waals surface area contributed by atoms with E-state index in [4.69, 9.17) is 0 Å². The Labute approximate surface area is 257 Å². The Hall–Kier alpha value is -2.94. The minimum atomic E-state index is -0.285. The molecule has 0 radical (unpaired) electrons. The fourth-order valence-electron chi connectivity index (χ4n) is 5.64. The van der Waals surface area contributed by atoms with Crippen LogP contribution in [0, 0.1) is 10.8 Å². The van der Waals surface area contributed by atoms with Crippen LogP contribution in [-0.4, -0.2) is 22.4 Å². The first-order valence-electron chi connectivity index (χ1n) is 15.5. The van der Waals surface area contributed by atoms with E-state index in [-0.39, 0.29) is 23.0 Å². The predicted octanol–water partition coefficient (Wildman–Crippen LogP) is 10.5. The van der Waals surface area contributed by atoms with Gasteiger partial charge in [-0.1, -0.05) is 146 Å². The smallest absolute Gasteiger partial charge is 0.0634 e. The van der Waals surface area contributed by atoms with E-state index in [1.165, 1.54) is 44.6 Å². The zero-order valence-corrected chi connectivity index (χ0v) is 28.0. The van der Waals surface area contributed by atoms with Gasteiger partial charge in [-0.3, -0.25) is 0 Å². The quantitative estimate of drug-likeness (QED) is 0.257. The van der Waals surface area contributed by atoms with Crippen molar-refractivity contribution in [3.8, 4) is 0 Å². The molecule has 2 aliphatic carbocycles. The van der Waals surface area contributed by atoms with Crippen molar-refractivity contribution in [1.29, 1.82) is 0 Å². The molecule has 42 heavy (non-hydrogen) atoms. The Morgan fingerprint density at radius 2 is 0.857 bits per heavy atom. The van der Waals surface area contributed by atoms with E-state index in [1.54, 1.807) is 0 Å². The maximum Gasteiger partial charge on any atom is 0.0634 e. The van der Waals surface area contributed by atoms with Crippen molar-refractivity contribution in [3.63, 3.8) is 0 Å². The Morgan fingerprint density at radius 3 is 1.21 bits per heavy atom. The zero-order chi connectivity index (χ0) is 31.5. The van der Waals surface area contributed by atoms with Crippen LogP contribution < -0.4 is 0 Å². The van der Waals surface area contributed by atoms with Gasteiger partial charge in [-0.25, -0.2) is 0 Å². The van der Waals surface area contributed by atoms with E-state index in [0.717, 1.165) is 25.7 Å². The Morgan fingerprint density at radius 1 is 0.548 bits per heavy atom. The van der Waals surface area contributed by atoms with Crippen molar-refractivity contribution in [2.24, 2.45) is 10.8 Å². The summed E-state index contributed by atoms with van der Waals surface area (Å²) < 4.78 is 0. The summed E-state index contributed by atoms with van der Waals surface area (Å²) in [7, 11) is 0. The zero-order valence-electron chi connectivity index (χ0n) is 28.0. The molecule has 0 amide bonds. The maximum absolute atomic E-state index is 10.4. The summed E-state index contributed by atoms with van der Waals surface area (Å²) in [6.07, 6.45) is 32.7. The number of hydrogen-bond acceptors (Lipinski definition) is 2. The lowest BCUT2D eigenvalue weighted by Gasteiger charge is -2.37. The van der Waals surface area contributed by atoms with Crippen LogP contribution in [0.15, 0.2) is 130 Å². The third-order valence-electron chi connectivity index (χ3n) is 8.85. The third kappa shape index (κ3) is 10.4. The van der Waals surface area contributed by atoms with Gasteiger partial charge in [0, 0.05) is 10.8 Å². The number of aliphatic hydroxyl groups is 2. The van der Waals surface area contributed by atoms with E-state index in [1.807, 2.05) is 0 Å². The molecule has 0 fully saturated rings. The number of allylic oxidation sites excluding steroid dienone is 20. The summed E-state index contributed by atoms with van der Waals surface area (Å²) in [5.41, 5.74) is 9.59. The van der Waals surface area contributed by atoms with Gasteiger partial charge in [-0.05, 0) is 78.4 Å². The minimum Gasteiger partial charge on any atom is -0.392 e. The largest absolute Gasteiger partial charge is 0.392 e. The Kier molecular flexibility index (Phi) is 13.5. The van der Waals surface area contributed by atoms with Gasteiger partial charge >= 0.3 is 0 Å². The molecule has 2 rings (SSSR count). The van der Waals surface area contributed by atoms with Crippen LogP contribution in [0.3, 0.4) is 0 Å². The second-order valence-electron chi connectivity index (χ2n) is 13.4. The SMILES string of the molecule is CC1=C(/C=C/C(C)=C/C=C/C(C)=C/C=C/C=C(C)/C=C/C=C(C)/C=C/C2=C(C)CCC(O)C2(C)C)C(C)(C)C(O)CC1. The van der Waals surface area contributed by atoms with E-state index in [9.17, 15) is 10.2 Å². The molecule has 2 heteroatoms. The molecule has 0 heterocycles. The fourth-order valence-corrected chi connectivity index (χ4v) is 5.64. The van der Waals surface area contributed by atoms with Gasteiger partial charge in [-0.2, -0.15) is 0 Å². The van der Waals surface area contributed by atoms with Gasteiger partial charge in [0.05, 0.1) is 12.2 Å². The lowest BCUT2D eigenvalue weighted by molar-refractivity contribution is 0.0606. The summed E-state index contributed by atoms with van der Waals surface area (Å²) in [4.78, 5) is 0. The highest BCUT2D eigenvalue weighted by molar-refractivity contribution is 5.40. The van der Waals surface area contributed by atoms with Crippen LogP contribution in [0.1, 0.15) is 94.9 Å². The molecular formula is C40H56O2. The Balaban J connectivity index is 1.91. The number of rotatable bonds is 10. The second kappa shape index (κ2) is 16.1. The van der Waals surface area contributed by atoms with Crippen LogP contribution >= 0.6 is 0 Å². The number of aliphatic hydroxyl groups excluding tert-OH is 2. The van der Waals surface area contributed by atoms with Crippen molar-refractivity contribution >= 4 is 0 Å². The molecule has 0 spiro atoms. The summed E-state index contributed by atoms with van der Waals surface area (Å²) in [5.74, 6) is 0. The third-order valence-corrected chi connectivity index (χ3v) is 8.85. The van der Waals surface area contributed by atoms with Gasteiger partial charge in [0.25, 0.3) is 0 Å². The molecule has 0 aromatic rings. The lowest BCUT2D eigenvalue weighted by atomic mass is 9.70. The first kappa shape index (κ1) is 35.3. The van der Waals surface area contributed by atoms with Crippen molar-refractivity contribution in [2.45, 2.75) is 107 Å². The van der Waals surface area contributed by atoms with E-state index >= 15 is 0 Å². The highest BCUT2D eigenvalue weighted by Crippen LogP contribution is 2.42. The lowest BCUT2D eigenvalue weighted by Crippen LogP contribution is -2.34. The standard InChI is InChI=1S/C40H56O2/c1-29(17-13-19-31(3)21-25-35-33(5)23-27-37(41)39(35,7)8)15-11-12-16-30(2)18-14-20-32(4)22-26-36-34(6)24-28-38(42)40(36,9)10/h11-22,25-26,37-38,41-42H,23-24,27-28H2,1-10H3/b12-11+,17-13+,18-14+,25-21+,26-22+,29-15+,30-16+,31-19+,32-20+. The molecule has 2 nitrogen and oxygen atoms in total. The topological polar surface area (TPSA) is 40.5 Å². The molecule has 2 atom stereocenters. The summed E-state index contributed by atoms with van der Waals surface area (Å²) in [6, 6.07) is 0. The van der Waals surface area contributed by atoms with E-state index < -0.39 is 0 Å². The van der Waals surface area contributed by atoms with Crippen LogP contribution in [0.5, 0.6) is 0 Å². The average molecular weight is 569 g/mol. The van der Waals surface area contributed by atoms with Crippen molar-refractivity contribution in [2.75, 3.05) is 0 Å². The highest BCUT2D eigenvalue weighted by Gasteiger charge is 2.35. The van der Waals surface area contributed by atoms with Crippen molar-refractivity contribution in [1.82, 2.24) is 0 Å². The van der Waals surface area contributed by atoms with E-state index in [2.05, 4.69) is 154 Å². The molecule has 0 aromatic carbocycles. The summed E-state index contributed by atoms with van der Waals surface area (Å²) in [6.45, 7) is 21.3. The fraction of sp³-hybridized carbons (Fsp3) is 0.450. The van der Waals surface area contributed by atoms with Crippen LogP contribution in [0.2, 0.25) is 0 Å². The molecule has 0 aromatic heterocycles. The van der Waals surface area contributed by atoms with Crippen LogP contribution in [0.4, 0.5) is 0 Å². The second-order valence-corrected chi connectivity index (χ2v) is 13.4. The van der Waals surface area contributed by atoms with Crippen molar-refractivity contribution < 1.29 is 10.2 Å². The van der Waals surface area contributed by atoms with Gasteiger partial charge < -0.3 is 10.2 Å². The van der Waals surface area contributed by atoms with Gasteiger partial charge in [0.15, 0.2) is 0 Å². The molecule has 228 valence electrons. The first-order chi connectivity index (χ1) is 19.7.